The summed E-state index contributed by atoms with van der Waals surface area (Å²) < 4.78 is 10.1. The van der Waals surface area contributed by atoms with E-state index in [4.69, 9.17) is 9.47 Å². The van der Waals surface area contributed by atoms with E-state index in [1.807, 2.05) is 26.0 Å². The second kappa shape index (κ2) is 12.2. The van der Waals surface area contributed by atoms with Gasteiger partial charge >= 0.3 is 11.9 Å². The predicted octanol–water partition coefficient (Wildman–Crippen LogP) is 3.27. The second-order valence-corrected chi connectivity index (χ2v) is 9.43. The molecule has 0 saturated heterocycles. The Bertz CT molecular complexity index is 1530. The number of hydrogen-bond donors (Lipinski definition) is 2. The van der Waals surface area contributed by atoms with Gasteiger partial charge in [0, 0.05) is 11.4 Å². The van der Waals surface area contributed by atoms with Gasteiger partial charge in [-0.3, -0.25) is 24.1 Å². The molecule has 1 atom stereocenters. The quantitative estimate of drug-likeness (QED) is 0.301. The summed E-state index contributed by atoms with van der Waals surface area (Å²) in [6, 6.07) is 16.4. The van der Waals surface area contributed by atoms with Crippen LogP contribution in [0.4, 0.5) is 11.4 Å². The van der Waals surface area contributed by atoms with Crippen LogP contribution in [-0.4, -0.2) is 59.7 Å². The molecule has 210 valence electrons. The zero-order chi connectivity index (χ0) is 29.7. The minimum absolute atomic E-state index is 0.0135. The molecule has 2 N–H and O–H groups in total. The number of hydrogen-bond acceptors (Lipinski definition) is 8. The molecule has 41 heavy (non-hydrogen) atoms. The van der Waals surface area contributed by atoms with Crippen LogP contribution in [0.5, 0.6) is 0 Å². The Balaban J connectivity index is 1.33. The van der Waals surface area contributed by atoms with Crippen LogP contribution in [0.25, 0.3) is 0 Å². The Labute approximate surface area is 235 Å². The van der Waals surface area contributed by atoms with Gasteiger partial charge in [-0.05, 0) is 63.2 Å². The fraction of sp³-hybridized carbons (Fsp3) is 0.200. The lowest BCUT2D eigenvalue weighted by Gasteiger charge is -2.20. The van der Waals surface area contributed by atoms with Crippen LogP contribution in [0.3, 0.4) is 0 Å². The number of anilines is 2. The van der Waals surface area contributed by atoms with E-state index in [1.54, 1.807) is 36.4 Å². The van der Waals surface area contributed by atoms with E-state index in [1.165, 1.54) is 25.1 Å². The molecular weight excluding hydrogens is 530 g/mol. The van der Waals surface area contributed by atoms with E-state index in [2.05, 4.69) is 10.6 Å². The molecule has 3 aromatic carbocycles. The van der Waals surface area contributed by atoms with Crippen LogP contribution in [0.2, 0.25) is 0 Å². The molecule has 1 unspecified atom stereocenters. The standard InChI is InChI=1S/C30H27N3O8/c1-17-4-9-21(10-5-17)31-25(34)15-40-29(38)19(3)33-27(36)23-13-8-20(14-24(23)28(33)37)30(39)41-16-26(35)32-22-11-6-18(2)7-12-22/h4-14,19H,15-16H2,1-3H3,(H,31,34)(H,32,35). The first-order chi connectivity index (χ1) is 19.5. The van der Waals surface area contributed by atoms with Gasteiger partial charge in [0.05, 0.1) is 16.7 Å². The van der Waals surface area contributed by atoms with E-state index >= 15 is 0 Å². The number of carbonyl (C=O) groups excluding carboxylic acids is 6. The average Bonchev–Trinajstić information content (AvgIpc) is 3.21. The van der Waals surface area contributed by atoms with Crippen molar-refractivity contribution < 1.29 is 38.2 Å². The third-order valence-electron chi connectivity index (χ3n) is 6.23. The first kappa shape index (κ1) is 28.7. The van der Waals surface area contributed by atoms with Crippen molar-refractivity contribution >= 4 is 46.9 Å². The van der Waals surface area contributed by atoms with Crippen LogP contribution in [0, 0.1) is 13.8 Å². The number of nitrogens with one attached hydrogen (secondary N) is 2. The van der Waals surface area contributed by atoms with Crippen LogP contribution >= 0.6 is 0 Å². The number of nitrogens with zero attached hydrogens (tertiary/aromatic N) is 1. The van der Waals surface area contributed by atoms with Gasteiger partial charge in [-0.15, -0.1) is 0 Å². The van der Waals surface area contributed by atoms with Gasteiger partial charge in [0.25, 0.3) is 23.6 Å². The van der Waals surface area contributed by atoms with Gasteiger partial charge in [0.1, 0.15) is 6.04 Å². The first-order valence-electron chi connectivity index (χ1n) is 12.6. The van der Waals surface area contributed by atoms with Gasteiger partial charge in [-0.25, -0.2) is 9.59 Å². The van der Waals surface area contributed by atoms with Crippen molar-refractivity contribution in [1.82, 2.24) is 4.90 Å². The van der Waals surface area contributed by atoms with E-state index in [0.717, 1.165) is 11.1 Å². The number of benzene rings is 3. The van der Waals surface area contributed by atoms with Crippen LogP contribution < -0.4 is 10.6 Å². The van der Waals surface area contributed by atoms with E-state index in [-0.39, 0.29) is 16.7 Å². The molecule has 1 heterocycles. The summed E-state index contributed by atoms with van der Waals surface area (Å²) >= 11 is 0. The Kier molecular flexibility index (Phi) is 8.57. The molecule has 1 aliphatic rings. The molecular formula is C30H27N3O8. The number of aryl methyl sites for hydroxylation is 2. The van der Waals surface area contributed by atoms with Crippen molar-refractivity contribution in [2.24, 2.45) is 0 Å². The summed E-state index contributed by atoms with van der Waals surface area (Å²) in [5.74, 6) is -4.55. The van der Waals surface area contributed by atoms with E-state index in [9.17, 15) is 28.8 Å². The Morgan fingerprint density at radius 3 is 1.73 bits per heavy atom. The third kappa shape index (κ3) is 6.82. The summed E-state index contributed by atoms with van der Waals surface area (Å²) in [5, 5.41) is 5.18. The van der Waals surface area contributed by atoms with Crippen LogP contribution in [-0.2, 0) is 23.9 Å². The molecule has 3 aromatic rings. The highest BCUT2D eigenvalue weighted by Crippen LogP contribution is 2.26. The lowest BCUT2D eigenvalue weighted by atomic mass is 10.1. The number of imide groups is 1. The number of carbonyl (C=O) groups is 6. The monoisotopic (exact) mass is 557 g/mol. The number of fused-ring (bicyclic) bond motifs is 1. The number of ether oxygens (including phenoxy) is 2. The van der Waals surface area contributed by atoms with E-state index < -0.39 is 54.8 Å². The zero-order valence-electron chi connectivity index (χ0n) is 22.6. The lowest BCUT2D eigenvalue weighted by molar-refractivity contribution is -0.150. The SMILES string of the molecule is Cc1ccc(NC(=O)COC(=O)c2ccc3c(c2)C(=O)N(C(C)C(=O)OCC(=O)Nc2ccc(C)cc2)C3=O)cc1. The maximum atomic E-state index is 13.0. The highest BCUT2D eigenvalue weighted by atomic mass is 16.5. The Morgan fingerprint density at radius 1 is 0.707 bits per heavy atom. The van der Waals surface area contributed by atoms with Gasteiger partial charge in [0.2, 0.25) is 0 Å². The van der Waals surface area contributed by atoms with Crippen molar-refractivity contribution in [1.29, 1.82) is 0 Å². The fourth-order valence-corrected chi connectivity index (χ4v) is 3.98. The summed E-state index contributed by atoms with van der Waals surface area (Å²) in [5.41, 5.74) is 2.91. The van der Waals surface area contributed by atoms with Crippen molar-refractivity contribution in [3.63, 3.8) is 0 Å². The molecule has 1 aliphatic heterocycles. The largest absolute Gasteiger partial charge is 0.454 e. The molecule has 4 amide bonds. The number of esters is 2. The molecule has 11 heteroatoms. The van der Waals surface area contributed by atoms with Crippen LogP contribution in [0.15, 0.2) is 66.7 Å². The van der Waals surface area contributed by atoms with Crippen molar-refractivity contribution in [2.45, 2.75) is 26.8 Å². The summed E-state index contributed by atoms with van der Waals surface area (Å²) in [7, 11) is 0. The molecule has 0 radical (unpaired) electrons. The molecule has 4 rings (SSSR count). The maximum absolute atomic E-state index is 13.0. The smallest absolute Gasteiger partial charge is 0.338 e. The van der Waals surface area contributed by atoms with Gasteiger partial charge in [0.15, 0.2) is 13.2 Å². The minimum Gasteiger partial charge on any atom is -0.454 e. The highest BCUT2D eigenvalue weighted by molar-refractivity contribution is 6.23. The predicted molar refractivity (Wildman–Crippen MR) is 147 cm³/mol. The zero-order valence-corrected chi connectivity index (χ0v) is 22.6. The third-order valence-corrected chi connectivity index (χ3v) is 6.23. The molecule has 0 aliphatic carbocycles. The van der Waals surface area contributed by atoms with Gasteiger partial charge < -0.3 is 20.1 Å². The number of rotatable bonds is 9. The van der Waals surface area contributed by atoms with Crippen molar-refractivity contribution in [2.75, 3.05) is 23.8 Å². The lowest BCUT2D eigenvalue weighted by Crippen LogP contribution is -2.44. The molecule has 0 spiro atoms. The summed E-state index contributed by atoms with van der Waals surface area (Å²) in [6.45, 7) is 3.91. The van der Waals surface area contributed by atoms with Gasteiger partial charge in [-0.1, -0.05) is 35.4 Å². The minimum atomic E-state index is -1.34. The molecule has 0 saturated carbocycles. The topological polar surface area (TPSA) is 148 Å². The first-order valence-corrected chi connectivity index (χ1v) is 12.6. The Morgan fingerprint density at radius 2 is 1.20 bits per heavy atom. The normalized spacial score (nSPS) is 12.8. The average molecular weight is 558 g/mol. The summed E-state index contributed by atoms with van der Waals surface area (Å²) in [4.78, 5) is 76.0. The van der Waals surface area contributed by atoms with Crippen molar-refractivity contribution in [3.8, 4) is 0 Å². The summed E-state index contributed by atoms with van der Waals surface area (Å²) in [6.07, 6.45) is 0. The van der Waals surface area contributed by atoms with Crippen LogP contribution in [0.1, 0.15) is 49.1 Å². The highest BCUT2D eigenvalue weighted by Gasteiger charge is 2.42. The van der Waals surface area contributed by atoms with E-state index in [0.29, 0.717) is 16.3 Å². The number of amides is 4. The Hall–Kier alpha value is -5.32. The molecule has 0 fully saturated rings. The van der Waals surface area contributed by atoms with Gasteiger partial charge in [-0.2, -0.15) is 0 Å². The fourth-order valence-electron chi connectivity index (χ4n) is 3.98. The molecule has 0 bridgehead atoms. The second-order valence-electron chi connectivity index (χ2n) is 9.43. The molecule has 0 aromatic heterocycles. The molecule has 11 nitrogen and oxygen atoms in total. The maximum Gasteiger partial charge on any atom is 0.338 e. The van der Waals surface area contributed by atoms with Crippen molar-refractivity contribution in [3.05, 3.63) is 94.5 Å².